The van der Waals surface area contributed by atoms with E-state index in [-0.39, 0.29) is 17.5 Å². The predicted molar refractivity (Wildman–Crippen MR) is 82.0 cm³/mol. The lowest BCUT2D eigenvalue weighted by molar-refractivity contribution is -0.132. The Morgan fingerprint density at radius 1 is 1.29 bits per heavy atom. The maximum Gasteiger partial charge on any atom is 0.171 e. The third kappa shape index (κ3) is 3.10. The van der Waals surface area contributed by atoms with Crippen molar-refractivity contribution < 1.29 is 13.9 Å². The van der Waals surface area contributed by atoms with Crippen LogP contribution in [0.5, 0.6) is 0 Å². The van der Waals surface area contributed by atoms with E-state index >= 15 is 0 Å². The van der Waals surface area contributed by atoms with E-state index in [1.54, 1.807) is 6.07 Å². The lowest BCUT2D eigenvalue weighted by Gasteiger charge is -2.31. The highest BCUT2D eigenvalue weighted by Gasteiger charge is 2.53. The van der Waals surface area contributed by atoms with Crippen molar-refractivity contribution in [1.29, 1.82) is 0 Å². The first-order valence-corrected chi connectivity index (χ1v) is 7.42. The van der Waals surface area contributed by atoms with E-state index in [9.17, 15) is 9.18 Å². The van der Waals surface area contributed by atoms with Crippen LogP contribution in [0.3, 0.4) is 0 Å². The largest absolute Gasteiger partial charge is 0.371 e. The molecular formula is C17H24FNO2. The highest BCUT2D eigenvalue weighted by molar-refractivity contribution is 5.92. The van der Waals surface area contributed by atoms with Gasteiger partial charge in [0.15, 0.2) is 5.78 Å². The second kappa shape index (κ2) is 5.41. The first-order valence-electron chi connectivity index (χ1n) is 7.42. The minimum atomic E-state index is -0.754. The molecule has 116 valence electrons. The van der Waals surface area contributed by atoms with Crippen molar-refractivity contribution in [2.75, 3.05) is 18.0 Å². The van der Waals surface area contributed by atoms with Gasteiger partial charge in [-0.1, -0.05) is 6.07 Å². The van der Waals surface area contributed by atoms with Crippen molar-refractivity contribution in [2.45, 2.75) is 45.8 Å². The standard InChI is InChI=1S/C17H24FNO2/c1-6-19(13-9-7-8-12(18)10-13)11-14-15(20)17(4,5)21-16(14,2)3/h7-10,14H,6,11H2,1-5H3. The Morgan fingerprint density at radius 2 is 1.95 bits per heavy atom. The number of Topliss-reactive ketones (excluding diaryl/α,β-unsaturated/α-hetero) is 1. The lowest BCUT2D eigenvalue weighted by Crippen LogP contribution is -2.41. The number of rotatable bonds is 4. The first kappa shape index (κ1) is 16.0. The second-order valence-electron chi connectivity index (χ2n) is 6.65. The summed E-state index contributed by atoms with van der Waals surface area (Å²) in [6, 6.07) is 6.48. The molecule has 1 aliphatic heterocycles. The Hall–Kier alpha value is -1.42. The fraction of sp³-hybridized carbons (Fsp3) is 0.588. The molecule has 1 saturated heterocycles. The number of anilines is 1. The maximum atomic E-state index is 13.4. The fourth-order valence-electron chi connectivity index (χ4n) is 3.13. The quantitative estimate of drug-likeness (QED) is 0.852. The van der Waals surface area contributed by atoms with Crippen molar-refractivity contribution in [3.05, 3.63) is 30.1 Å². The van der Waals surface area contributed by atoms with Gasteiger partial charge in [0.05, 0.1) is 11.5 Å². The summed E-state index contributed by atoms with van der Waals surface area (Å²) in [5, 5.41) is 0. The van der Waals surface area contributed by atoms with Gasteiger partial charge in [0, 0.05) is 18.8 Å². The van der Waals surface area contributed by atoms with Crippen LogP contribution < -0.4 is 4.90 Å². The molecule has 0 radical (unpaired) electrons. The number of ketones is 1. The SMILES string of the molecule is CCN(CC1C(=O)C(C)(C)OC1(C)C)c1cccc(F)c1. The molecule has 1 unspecified atom stereocenters. The van der Waals surface area contributed by atoms with Gasteiger partial charge in [0.1, 0.15) is 11.4 Å². The highest BCUT2D eigenvalue weighted by atomic mass is 19.1. The summed E-state index contributed by atoms with van der Waals surface area (Å²) in [6.07, 6.45) is 0. The minimum absolute atomic E-state index is 0.113. The smallest absolute Gasteiger partial charge is 0.171 e. The summed E-state index contributed by atoms with van der Waals surface area (Å²) in [7, 11) is 0. The zero-order chi connectivity index (χ0) is 15.8. The Bertz CT molecular complexity index is 539. The van der Waals surface area contributed by atoms with Crippen LogP contribution in [0.4, 0.5) is 10.1 Å². The highest BCUT2D eigenvalue weighted by Crippen LogP contribution is 2.40. The average molecular weight is 293 g/mol. The summed E-state index contributed by atoms with van der Waals surface area (Å²) in [4.78, 5) is 14.6. The normalized spacial score (nSPS) is 23.3. The summed E-state index contributed by atoms with van der Waals surface area (Å²) in [5.41, 5.74) is -0.470. The lowest BCUT2D eigenvalue weighted by atomic mass is 9.85. The van der Waals surface area contributed by atoms with Gasteiger partial charge >= 0.3 is 0 Å². The van der Waals surface area contributed by atoms with Crippen LogP contribution in [-0.4, -0.2) is 30.1 Å². The third-order valence-electron chi connectivity index (χ3n) is 4.23. The molecule has 1 fully saturated rings. The number of ether oxygens (including phenoxy) is 1. The molecule has 0 saturated carbocycles. The van der Waals surface area contributed by atoms with Crippen molar-refractivity contribution in [3.8, 4) is 0 Å². The number of hydrogen-bond acceptors (Lipinski definition) is 3. The molecule has 21 heavy (non-hydrogen) atoms. The number of carbonyl (C=O) groups excluding carboxylic acids is 1. The molecule has 0 bridgehead atoms. The molecule has 2 rings (SSSR count). The predicted octanol–water partition coefficient (Wildman–Crippen LogP) is 3.42. The van der Waals surface area contributed by atoms with Crippen LogP contribution in [0.1, 0.15) is 34.6 Å². The number of carbonyl (C=O) groups is 1. The van der Waals surface area contributed by atoms with E-state index in [1.165, 1.54) is 12.1 Å². The Labute approximate surface area is 126 Å². The summed E-state index contributed by atoms with van der Waals surface area (Å²) in [5.74, 6) is -0.377. The molecule has 0 N–H and O–H groups in total. The minimum Gasteiger partial charge on any atom is -0.371 e. The van der Waals surface area contributed by atoms with Crippen molar-refractivity contribution in [3.63, 3.8) is 0 Å². The molecule has 1 atom stereocenters. The van der Waals surface area contributed by atoms with Crippen molar-refractivity contribution in [1.82, 2.24) is 0 Å². The average Bonchev–Trinajstić information content (AvgIpc) is 2.52. The van der Waals surface area contributed by atoms with E-state index in [0.717, 1.165) is 5.69 Å². The van der Waals surface area contributed by atoms with Crippen molar-refractivity contribution in [2.24, 2.45) is 5.92 Å². The summed E-state index contributed by atoms with van der Waals surface area (Å²) < 4.78 is 19.3. The Balaban J connectivity index is 2.24. The van der Waals surface area contributed by atoms with Crippen LogP contribution >= 0.6 is 0 Å². The van der Waals surface area contributed by atoms with E-state index in [0.29, 0.717) is 13.1 Å². The zero-order valence-electron chi connectivity index (χ0n) is 13.4. The molecule has 0 aliphatic carbocycles. The van der Waals surface area contributed by atoms with Crippen LogP contribution in [0.25, 0.3) is 0 Å². The molecule has 0 aromatic heterocycles. The van der Waals surface area contributed by atoms with Gasteiger partial charge in [0.2, 0.25) is 0 Å². The molecule has 1 aliphatic rings. The van der Waals surface area contributed by atoms with Crippen LogP contribution in [0, 0.1) is 11.7 Å². The Morgan fingerprint density at radius 3 is 2.43 bits per heavy atom. The van der Waals surface area contributed by atoms with Crippen molar-refractivity contribution >= 4 is 11.5 Å². The molecule has 1 heterocycles. The second-order valence-corrected chi connectivity index (χ2v) is 6.65. The van der Waals surface area contributed by atoms with E-state index in [1.807, 2.05) is 45.6 Å². The monoisotopic (exact) mass is 293 g/mol. The number of benzene rings is 1. The number of hydrogen-bond donors (Lipinski definition) is 0. The topological polar surface area (TPSA) is 29.5 Å². The molecule has 1 aromatic rings. The van der Waals surface area contributed by atoms with Gasteiger partial charge in [-0.05, 0) is 52.8 Å². The maximum absolute atomic E-state index is 13.4. The zero-order valence-corrected chi connectivity index (χ0v) is 13.4. The van der Waals surface area contributed by atoms with Crippen LogP contribution in [0.2, 0.25) is 0 Å². The van der Waals surface area contributed by atoms with Crippen LogP contribution in [0.15, 0.2) is 24.3 Å². The molecule has 3 nitrogen and oxygen atoms in total. The number of nitrogens with zero attached hydrogens (tertiary/aromatic N) is 1. The number of halogens is 1. The van der Waals surface area contributed by atoms with E-state index < -0.39 is 11.2 Å². The molecule has 4 heteroatoms. The molecular weight excluding hydrogens is 269 g/mol. The third-order valence-corrected chi connectivity index (χ3v) is 4.23. The summed E-state index contributed by atoms with van der Waals surface area (Å²) in [6.45, 7) is 10.8. The van der Waals surface area contributed by atoms with E-state index in [2.05, 4.69) is 0 Å². The summed E-state index contributed by atoms with van der Waals surface area (Å²) >= 11 is 0. The first-order chi connectivity index (χ1) is 9.67. The molecule has 0 amide bonds. The molecule has 0 spiro atoms. The van der Waals surface area contributed by atoms with E-state index in [4.69, 9.17) is 4.74 Å². The van der Waals surface area contributed by atoms with Gasteiger partial charge in [0.25, 0.3) is 0 Å². The van der Waals surface area contributed by atoms with Gasteiger partial charge in [-0.3, -0.25) is 4.79 Å². The van der Waals surface area contributed by atoms with Gasteiger partial charge < -0.3 is 9.64 Å². The molecule has 1 aromatic carbocycles. The van der Waals surface area contributed by atoms with Gasteiger partial charge in [-0.15, -0.1) is 0 Å². The Kier molecular flexibility index (Phi) is 4.11. The van der Waals surface area contributed by atoms with Crippen LogP contribution in [-0.2, 0) is 9.53 Å². The fourth-order valence-corrected chi connectivity index (χ4v) is 3.13. The van der Waals surface area contributed by atoms with Gasteiger partial charge in [-0.25, -0.2) is 4.39 Å². The van der Waals surface area contributed by atoms with Gasteiger partial charge in [-0.2, -0.15) is 0 Å².